The Labute approximate surface area is 150 Å². The highest BCUT2D eigenvalue weighted by molar-refractivity contribution is 5.66. The Bertz CT molecular complexity index is 802. The molecule has 0 bridgehead atoms. The number of rotatable bonds is 4. The van der Waals surface area contributed by atoms with Crippen LogP contribution in [0.1, 0.15) is 35.3 Å². The fraction of sp³-hybridized carbons (Fsp3) is 0.294. The van der Waals surface area contributed by atoms with Crippen molar-refractivity contribution in [1.82, 2.24) is 9.88 Å². The van der Waals surface area contributed by atoms with E-state index in [0.717, 1.165) is 30.5 Å². The molecule has 0 fully saturated rings. The lowest BCUT2D eigenvalue weighted by Gasteiger charge is -2.30. The topological polar surface area (TPSA) is 53.4 Å². The predicted octanol–water partition coefficient (Wildman–Crippen LogP) is 5.21. The Morgan fingerprint density at radius 3 is 2.11 bits per heavy atom. The Kier molecular flexibility index (Phi) is 5.67. The van der Waals surface area contributed by atoms with E-state index in [9.17, 15) is 36.2 Å². The molecule has 0 aliphatic rings. The Morgan fingerprint density at radius 2 is 1.67 bits per heavy atom. The van der Waals surface area contributed by atoms with Crippen molar-refractivity contribution in [2.24, 2.45) is 0 Å². The molecule has 0 saturated heterocycles. The van der Waals surface area contributed by atoms with E-state index >= 15 is 0 Å². The van der Waals surface area contributed by atoms with Gasteiger partial charge in [0.15, 0.2) is 0 Å². The minimum Gasteiger partial charge on any atom is -0.465 e. The number of alkyl halides is 6. The maximum absolute atomic E-state index is 13.4. The highest BCUT2D eigenvalue weighted by Gasteiger charge is 2.39. The number of carbonyl (C=O) groups is 1. The smallest absolute Gasteiger partial charge is 0.418 e. The van der Waals surface area contributed by atoms with Crippen LogP contribution in [0.25, 0.3) is 0 Å². The van der Waals surface area contributed by atoms with E-state index in [2.05, 4.69) is 4.98 Å². The molecule has 2 rings (SSSR count). The third-order valence-electron chi connectivity index (χ3n) is 3.85. The molecular weight excluding hydrogens is 378 g/mol. The summed E-state index contributed by atoms with van der Waals surface area (Å²) in [6.07, 6.45) is -9.91. The minimum atomic E-state index is -4.81. The number of nitrogens with zero attached hydrogens (tertiary/aromatic N) is 2. The molecule has 146 valence electrons. The summed E-state index contributed by atoms with van der Waals surface area (Å²) in [5, 5.41) is 9.38. The number of benzene rings is 1. The molecule has 2 aromatic rings. The molecule has 0 radical (unpaired) electrons. The maximum Gasteiger partial charge on any atom is 0.418 e. The molecule has 0 unspecified atom stereocenters. The number of hydrogen-bond acceptors (Lipinski definition) is 2. The van der Waals surface area contributed by atoms with E-state index in [1.54, 1.807) is 0 Å². The second-order valence-electron chi connectivity index (χ2n) is 5.52. The SMILES string of the molecule is CCN(C(=O)O)[C@@H](c1ccc(C(F)(F)F)cc1)c1ncccc1C(F)(F)F. The molecule has 1 N–H and O–H groups in total. The maximum atomic E-state index is 13.4. The van der Waals surface area contributed by atoms with E-state index in [0.29, 0.717) is 17.0 Å². The van der Waals surface area contributed by atoms with Crippen LogP contribution in [0.5, 0.6) is 0 Å². The number of halogens is 6. The van der Waals surface area contributed by atoms with Gasteiger partial charge in [-0.25, -0.2) is 4.79 Å². The first-order valence-corrected chi connectivity index (χ1v) is 7.65. The zero-order chi connectivity index (χ0) is 20.4. The molecule has 0 aliphatic carbocycles. The van der Waals surface area contributed by atoms with Gasteiger partial charge in [-0.3, -0.25) is 9.88 Å². The van der Waals surface area contributed by atoms with Gasteiger partial charge in [0.1, 0.15) is 6.04 Å². The highest BCUT2D eigenvalue weighted by atomic mass is 19.4. The van der Waals surface area contributed by atoms with Crippen molar-refractivity contribution in [2.45, 2.75) is 25.3 Å². The van der Waals surface area contributed by atoms with Gasteiger partial charge in [0.05, 0.1) is 16.8 Å². The summed E-state index contributed by atoms with van der Waals surface area (Å²) in [5.41, 5.74) is -2.82. The Hall–Kier alpha value is -2.78. The first-order valence-electron chi connectivity index (χ1n) is 7.65. The number of aromatic nitrogens is 1. The fourth-order valence-corrected chi connectivity index (χ4v) is 2.64. The van der Waals surface area contributed by atoms with Crippen LogP contribution in [0.4, 0.5) is 31.1 Å². The summed E-state index contributed by atoms with van der Waals surface area (Å²) >= 11 is 0. The summed E-state index contributed by atoms with van der Waals surface area (Å²) < 4.78 is 78.3. The van der Waals surface area contributed by atoms with E-state index in [1.807, 2.05) is 0 Å². The number of pyridine rings is 1. The molecule has 1 amide bonds. The third-order valence-corrected chi connectivity index (χ3v) is 3.85. The molecule has 1 aromatic heterocycles. The molecule has 0 saturated carbocycles. The van der Waals surface area contributed by atoms with Gasteiger partial charge in [-0.15, -0.1) is 0 Å². The van der Waals surface area contributed by atoms with Crippen molar-refractivity contribution in [2.75, 3.05) is 6.54 Å². The van der Waals surface area contributed by atoms with Gasteiger partial charge in [-0.2, -0.15) is 26.3 Å². The number of amides is 1. The van der Waals surface area contributed by atoms with Crippen LogP contribution in [0, 0.1) is 0 Å². The van der Waals surface area contributed by atoms with Gasteiger partial charge >= 0.3 is 18.4 Å². The van der Waals surface area contributed by atoms with Crippen molar-refractivity contribution < 1.29 is 36.2 Å². The van der Waals surface area contributed by atoms with E-state index in [1.165, 1.54) is 6.92 Å². The molecule has 27 heavy (non-hydrogen) atoms. The van der Waals surface area contributed by atoms with E-state index in [4.69, 9.17) is 0 Å². The second-order valence-corrected chi connectivity index (χ2v) is 5.52. The van der Waals surface area contributed by atoms with Gasteiger partial charge < -0.3 is 5.11 Å². The normalized spacial score (nSPS) is 13.3. The predicted molar refractivity (Wildman–Crippen MR) is 82.9 cm³/mol. The Morgan fingerprint density at radius 1 is 1.07 bits per heavy atom. The lowest BCUT2D eigenvalue weighted by molar-refractivity contribution is -0.139. The summed E-state index contributed by atoms with van der Waals surface area (Å²) in [7, 11) is 0. The van der Waals surface area contributed by atoms with Gasteiger partial charge in [0.2, 0.25) is 0 Å². The second kappa shape index (κ2) is 7.45. The van der Waals surface area contributed by atoms with Crippen LogP contribution in [-0.4, -0.2) is 27.6 Å². The minimum absolute atomic E-state index is 0.0588. The molecule has 1 atom stereocenters. The average molecular weight is 392 g/mol. The van der Waals surface area contributed by atoms with Crippen LogP contribution < -0.4 is 0 Å². The van der Waals surface area contributed by atoms with Crippen LogP contribution in [0.2, 0.25) is 0 Å². The third kappa shape index (κ3) is 4.50. The van der Waals surface area contributed by atoms with Crippen LogP contribution >= 0.6 is 0 Å². The quantitative estimate of drug-likeness (QED) is 0.727. The summed E-state index contributed by atoms with van der Waals surface area (Å²) in [4.78, 5) is 15.9. The Balaban J connectivity index is 2.66. The summed E-state index contributed by atoms with van der Waals surface area (Å²) in [6, 6.07) is 3.56. The first kappa shape index (κ1) is 20.5. The standard InChI is InChI=1S/C17H14F6N2O2/c1-2-25(15(26)27)14(10-5-7-11(8-6-10)16(18,19)20)13-12(17(21,22)23)4-3-9-24-13/h3-9,14H,2H2,1H3,(H,26,27)/t14-/m0/s1. The molecule has 1 aromatic carbocycles. The van der Waals surface area contributed by atoms with E-state index in [-0.39, 0.29) is 12.1 Å². The monoisotopic (exact) mass is 392 g/mol. The van der Waals surface area contributed by atoms with Crippen molar-refractivity contribution in [3.8, 4) is 0 Å². The molecule has 10 heteroatoms. The molecule has 4 nitrogen and oxygen atoms in total. The van der Waals surface area contributed by atoms with E-state index < -0.39 is 41.3 Å². The van der Waals surface area contributed by atoms with Gasteiger partial charge in [0.25, 0.3) is 0 Å². The van der Waals surface area contributed by atoms with Crippen LogP contribution in [0.15, 0.2) is 42.6 Å². The largest absolute Gasteiger partial charge is 0.465 e. The van der Waals surface area contributed by atoms with Crippen molar-refractivity contribution in [3.05, 3.63) is 65.0 Å². The molecule has 0 spiro atoms. The van der Waals surface area contributed by atoms with Crippen LogP contribution in [0.3, 0.4) is 0 Å². The lowest BCUT2D eigenvalue weighted by atomic mass is 9.96. The van der Waals surface area contributed by atoms with Gasteiger partial charge in [-0.1, -0.05) is 12.1 Å². The highest BCUT2D eigenvalue weighted by Crippen LogP contribution is 2.38. The molecule has 0 aliphatic heterocycles. The van der Waals surface area contributed by atoms with Crippen molar-refractivity contribution in [1.29, 1.82) is 0 Å². The van der Waals surface area contributed by atoms with Gasteiger partial charge in [-0.05, 0) is 36.8 Å². The fourth-order valence-electron chi connectivity index (χ4n) is 2.64. The lowest BCUT2D eigenvalue weighted by Crippen LogP contribution is -2.36. The van der Waals surface area contributed by atoms with Crippen molar-refractivity contribution in [3.63, 3.8) is 0 Å². The molecular formula is C17H14F6N2O2. The zero-order valence-corrected chi connectivity index (χ0v) is 13.8. The van der Waals surface area contributed by atoms with Crippen molar-refractivity contribution >= 4 is 6.09 Å². The van der Waals surface area contributed by atoms with Crippen LogP contribution in [-0.2, 0) is 12.4 Å². The molecule has 1 heterocycles. The first-order chi connectivity index (χ1) is 12.5. The summed E-state index contributed by atoms with van der Waals surface area (Å²) in [5.74, 6) is 0. The summed E-state index contributed by atoms with van der Waals surface area (Å²) in [6.45, 7) is 1.20. The number of carboxylic acid groups (broad SMARTS) is 1. The average Bonchev–Trinajstić information content (AvgIpc) is 2.58. The number of hydrogen-bond donors (Lipinski definition) is 1. The van der Waals surface area contributed by atoms with Gasteiger partial charge in [0, 0.05) is 12.7 Å². The zero-order valence-electron chi connectivity index (χ0n) is 13.8.